The summed E-state index contributed by atoms with van der Waals surface area (Å²) in [5, 5.41) is 7.60. The molecule has 4 heteroatoms. The molecule has 320 valence electrons. The molecule has 0 bridgehead atoms. The third-order valence-corrected chi connectivity index (χ3v) is 15.6. The van der Waals surface area contributed by atoms with Crippen LogP contribution in [-0.4, -0.2) is 20.4 Å². The van der Waals surface area contributed by atoms with E-state index in [1.54, 1.807) is 0 Å². The van der Waals surface area contributed by atoms with Gasteiger partial charge in [0.05, 0.1) is 44.5 Å². The van der Waals surface area contributed by atoms with Crippen molar-refractivity contribution in [1.82, 2.24) is 13.7 Å². The number of para-hydroxylation sites is 4. The lowest BCUT2D eigenvalue weighted by Gasteiger charge is -2.31. The van der Waals surface area contributed by atoms with E-state index in [0.29, 0.717) is 0 Å². The van der Waals surface area contributed by atoms with Gasteiger partial charge in [-0.15, -0.1) is 0 Å². The number of aromatic nitrogens is 3. The van der Waals surface area contributed by atoms with Crippen LogP contribution in [0.4, 0.5) is 0 Å². The van der Waals surface area contributed by atoms with Crippen LogP contribution in [0.15, 0.2) is 206 Å². The fourth-order valence-corrected chi connectivity index (χ4v) is 12.3. The average Bonchev–Trinajstić information content (AvgIpc) is 4.04. The third kappa shape index (κ3) is 5.31. The zero-order chi connectivity index (χ0) is 45.4. The first-order valence-electron chi connectivity index (χ1n) is 23.9. The highest BCUT2D eigenvalue weighted by Gasteiger charge is 2.37. The molecule has 0 amide bonds. The van der Waals surface area contributed by atoms with E-state index in [1.165, 1.54) is 143 Å². The molecule has 0 saturated carbocycles. The highest BCUT2D eigenvalue weighted by molar-refractivity contribution is 6.98. The van der Waals surface area contributed by atoms with Crippen molar-refractivity contribution < 1.29 is 0 Å². The Balaban J connectivity index is 1.07. The van der Waals surface area contributed by atoms with Crippen molar-refractivity contribution in [2.45, 2.75) is 27.7 Å². The van der Waals surface area contributed by atoms with Crippen molar-refractivity contribution >= 4 is 88.5 Å². The molecule has 0 N–H and O–H groups in total. The molecule has 0 aliphatic carbocycles. The molecule has 4 heterocycles. The van der Waals surface area contributed by atoms with Crippen LogP contribution in [0.1, 0.15) is 22.3 Å². The highest BCUT2D eigenvalue weighted by Crippen LogP contribution is 2.43. The maximum atomic E-state index is 2.57. The van der Waals surface area contributed by atoms with Gasteiger partial charge in [0.15, 0.2) is 0 Å². The first-order valence-corrected chi connectivity index (χ1v) is 23.9. The SMILES string of the molecule is Cc1c(C)c(-n2c3ccccc3c3ccccc32)c(C)c(C)c1B1c2ccccc2-n2c3ccccc3c3c(-n4c5ccc(-c6ccccc6)cc5c5ccc(-c6ccccc6)cc54)ccc1c32. The summed E-state index contributed by atoms with van der Waals surface area (Å²) in [7, 11) is 0. The monoisotopic (exact) mass is 867 g/mol. The molecule has 3 nitrogen and oxygen atoms in total. The molecular formula is C64H46BN3. The van der Waals surface area contributed by atoms with Crippen LogP contribution in [0.2, 0.25) is 0 Å². The van der Waals surface area contributed by atoms with Gasteiger partial charge < -0.3 is 13.7 Å². The number of hydrogen-bond acceptors (Lipinski definition) is 0. The Hall–Kier alpha value is -8.34. The van der Waals surface area contributed by atoms with E-state index in [4.69, 9.17) is 0 Å². The molecule has 10 aromatic carbocycles. The second-order valence-corrected chi connectivity index (χ2v) is 18.9. The molecule has 0 fully saturated rings. The Bertz CT molecular complexity index is 4160. The fourth-order valence-electron chi connectivity index (χ4n) is 12.3. The lowest BCUT2D eigenvalue weighted by molar-refractivity contribution is 1.10. The van der Waals surface area contributed by atoms with Crippen molar-refractivity contribution in [2.24, 2.45) is 0 Å². The average molecular weight is 868 g/mol. The van der Waals surface area contributed by atoms with E-state index < -0.39 is 0 Å². The smallest absolute Gasteiger partial charge is 0.247 e. The molecule has 1 aliphatic rings. The molecule has 13 aromatic rings. The van der Waals surface area contributed by atoms with Gasteiger partial charge in [-0.2, -0.15) is 0 Å². The summed E-state index contributed by atoms with van der Waals surface area (Å²) in [4.78, 5) is 0. The van der Waals surface area contributed by atoms with Crippen LogP contribution < -0.4 is 16.4 Å². The van der Waals surface area contributed by atoms with Gasteiger partial charge >= 0.3 is 0 Å². The first-order chi connectivity index (χ1) is 33.5. The molecule has 14 rings (SSSR count). The van der Waals surface area contributed by atoms with Crippen LogP contribution >= 0.6 is 0 Å². The molecular weight excluding hydrogens is 822 g/mol. The minimum absolute atomic E-state index is 0.0143. The number of hydrogen-bond donors (Lipinski definition) is 0. The van der Waals surface area contributed by atoms with Gasteiger partial charge in [-0.25, -0.2) is 0 Å². The lowest BCUT2D eigenvalue weighted by atomic mass is 9.34. The van der Waals surface area contributed by atoms with Crippen LogP contribution in [0.5, 0.6) is 0 Å². The molecule has 0 atom stereocenters. The Labute approximate surface area is 395 Å². The zero-order valence-corrected chi connectivity index (χ0v) is 38.5. The summed E-state index contributed by atoms with van der Waals surface area (Å²) >= 11 is 0. The Morgan fingerprint density at radius 1 is 0.309 bits per heavy atom. The summed E-state index contributed by atoms with van der Waals surface area (Å²) in [6.45, 7) is 9.46. The van der Waals surface area contributed by atoms with Gasteiger partial charge in [0.2, 0.25) is 6.71 Å². The van der Waals surface area contributed by atoms with Crippen molar-refractivity contribution in [3.8, 4) is 39.3 Å². The Morgan fingerprint density at radius 3 is 1.49 bits per heavy atom. The number of nitrogens with zero attached hydrogens (tertiary/aromatic N) is 3. The van der Waals surface area contributed by atoms with Crippen molar-refractivity contribution in [3.05, 3.63) is 229 Å². The van der Waals surface area contributed by atoms with Crippen LogP contribution in [0.25, 0.3) is 105 Å². The van der Waals surface area contributed by atoms with Crippen LogP contribution in [0.3, 0.4) is 0 Å². The minimum Gasteiger partial charge on any atom is -0.310 e. The number of benzene rings is 10. The van der Waals surface area contributed by atoms with Gasteiger partial charge in [0.25, 0.3) is 0 Å². The summed E-state index contributed by atoms with van der Waals surface area (Å²) in [5.41, 5.74) is 25.4. The summed E-state index contributed by atoms with van der Waals surface area (Å²) in [6, 6.07) is 76.6. The van der Waals surface area contributed by atoms with Crippen molar-refractivity contribution in [1.29, 1.82) is 0 Å². The standard InChI is InChI=1S/C64H46BN3/c1-39-41(3)63(67-54-27-15-11-23-47(54)48-24-12-16-28-55(48)67)42(4)40(2)62(39)65-52-26-14-18-30-58(52)68-56-29-17-13-25-50(56)61-59(36-34-53(65)64(61)68)66-57-35-32-45(43-19-7-5-8-20-43)37-51(57)49-33-31-46(38-60(49)66)44-21-9-6-10-22-44/h5-38H,1-4H3. The predicted molar refractivity (Wildman–Crippen MR) is 290 cm³/mol. The van der Waals surface area contributed by atoms with E-state index in [2.05, 4.69) is 248 Å². The van der Waals surface area contributed by atoms with E-state index in [-0.39, 0.29) is 6.71 Å². The topological polar surface area (TPSA) is 14.8 Å². The van der Waals surface area contributed by atoms with E-state index in [0.717, 1.165) is 0 Å². The molecule has 1 aliphatic heterocycles. The van der Waals surface area contributed by atoms with Crippen molar-refractivity contribution in [3.63, 3.8) is 0 Å². The Kier molecular flexibility index (Phi) is 8.34. The fraction of sp³-hybridized carbons (Fsp3) is 0.0625. The predicted octanol–water partition coefficient (Wildman–Crippen LogP) is 14.4. The van der Waals surface area contributed by atoms with Gasteiger partial charge in [-0.05, 0) is 121 Å². The molecule has 3 aromatic heterocycles. The largest absolute Gasteiger partial charge is 0.310 e. The van der Waals surface area contributed by atoms with E-state index in [9.17, 15) is 0 Å². The van der Waals surface area contributed by atoms with E-state index in [1.807, 2.05) is 0 Å². The summed E-state index contributed by atoms with van der Waals surface area (Å²) < 4.78 is 7.65. The lowest BCUT2D eigenvalue weighted by Crippen LogP contribution is -2.58. The molecule has 0 saturated heterocycles. The van der Waals surface area contributed by atoms with Crippen molar-refractivity contribution in [2.75, 3.05) is 0 Å². The normalized spacial score (nSPS) is 12.4. The van der Waals surface area contributed by atoms with E-state index >= 15 is 0 Å². The second kappa shape index (κ2) is 14.6. The van der Waals surface area contributed by atoms with Gasteiger partial charge in [-0.3, -0.25) is 0 Å². The molecule has 0 spiro atoms. The highest BCUT2D eigenvalue weighted by atomic mass is 15.0. The number of fused-ring (bicyclic) bond motifs is 11. The first kappa shape index (κ1) is 38.9. The van der Waals surface area contributed by atoms with Gasteiger partial charge in [0.1, 0.15) is 0 Å². The molecule has 68 heavy (non-hydrogen) atoms. The molecule has 0 radical (unpaired) electrons. The van der Waals surface area contributed by atoms with Crippen LogP contribution in [0, 0.1) is 27.7 Å². The number of rotatable bonds is 5. The quantitative estimate of drug-likeness (QED) is 0.153. The van der Waals surface area contributed by atoms with Gasteiger partial charge in [-0.1, -0.05) is 174 Å². The second-order valence-electron chi connectivity index (χ2n) is 18.9. The summed E-state index contributed by atoms with van der Waals surface area (Å²) in [5.74, 6) is 0. The minimum atomic E-state index is 0.0143. The maximum Gasteiger partial charge on any atom is 0.247 e. The third-order valence-electron chi connectivity index (χ3n) is 15.6. The summed E-state index contributed by atoms with van der Waals surface area (Å²) in [6.07, 6.45) is 0. The zero-order valence-electron chi connectivity index (χ0n) is 38.5. The maximum absolute atomic E-state index is 2.57. The van der Waals surface area contributed by atoms with Crippen LogP contribution in [-0.2, 0) is 0 Å². The van der Waals surface area contributed by atoms with Gasteiger partial charge in [0, 0.05) is 38.0 Å². The Morgan fingerprint density at radius 2 is 0.824 bits per heavy atom. The molecule has 0 unspecified atom stereocenters.